The van der Waals surface area contributed by atoms with Crippen molar-refractivity contribution in [3.05, 3.63) is 12.7 Å². The van der Waals surface area contributed by atoms with Crippen molar-refractivity contribution < 1.29 is 11.0 Å². The molecule has 3 nitrogen and oxygen atoms in total. The van der Waals surface area contributed by atoms with Gasteiger partial charge < -0.3 is 10.1 Å². The summed E-state index contributed by atoms with van der Waals surface area (Å²) in [6.07, 6.45) is 3.17. The zero-order chi connectivity index (χ0) is 7.61. The minimum Gasteiger partial charge on any atom is -0.340 e. The lowest BCUT2D eigenvalue weighted by Gasteiger charge is -2.15. The number of carbonyl (C=O) groups excluding carboxylic acids is 2. The molecule has 0 aromatic heterocycles. The molecule has 1 amide bonds. The number of rotatable bonds is 2. The number of hydrogen-bond acceptors (Lipinski definition) is 2. The SMILES string of the molecule is C=CC1(C=O)CCC(=O)N1.[HH]. The van der Waals surface area contributed by atoms with Crippen LogP contribution in [0, 0.1) is 0 Å². The number of nitrogens with one attached hydrogen (secondary N) is 1. The van der Waals surface area contributed by atoms with Gasteiger partial charge in [0.25, 0.3) is 0 Å². The lowest BCUT2D eigenvalue weighted by atomic mass is 10.0. The van der Waals surface area contributed by atoms with E-state index in [4.69, 9.17) is 0 Å². The van der Waals surface area contributed by atoms with Gasteiger partial charge >= 0.3 is 0 Å². The molecule has 0 saturated carbocycles. The van der Waals surface area contributed by atoms with Crippen molar-refractivity contribution in [3.8, 4) is 0 Å². The fraction of sp³-hybridized carbons (Fsp3) is 0.429. The number of hydrogen-bond donors (Lipinski definition) is 1. The molecule has 1 N–H and O–H groups in total. The minimum absolute atomic E-state index is 0. The summed E-state index contributed by atoms with van der Waals surface area (Å²) in [5.41, 5.74) is -0.767. The summed E-state index contributed by atoms with van der Waals surface area (Å²) in [5, 5.41) is 2.54. The molecule has 56 valence electrons. The molecule has 3 heteroatoms. The topological polar surface area (TPSA) is 46.2 Å². The first-order valence-corrected chi connectivity index (χ1v) is 3.13. The molecule has 0 bridgehead atoms. The smallest absolute Gasteiger partial charge is 0.221 e. The van der Waals surface area contributed by atoms with Gasteiger partial charge in [-0.2, -0.15) is 0 Å². The first-order valence-electron chi connectivity index (χ1n) is 3.13. The third-order valence-electron chi connectivity index (χ3n) is 1.71. The first-order chi connectivity index (χ1) is 4.72. The van der Waals surface area contributed by atoms with Gasteiger partial charge in [-0.1, -0.05) is 6.08 Å². The summed E-state index contributed by atoms with van der Waals surface area (Å²) in [6, 6.07) is 0. The highest BCUT2D eigenvalue weighted by Crippen LogP contribution is 2.18. The van der Waals surface area contributed by atoms with Crippen molar-refractivity contribution >= 4 is 12.2 Å². The van der Waals surface area contributed by atoms with Crippen LogP contribution in [0.5, 0.6) is 0 Å². The van der Waals surface area contributed by atoms with E-state index in [-0.39, 0.29) is 7.33 Å². The quantitative estimate of drug-likeness (QED) is 0.443. The highest BCUT2D eigenvalue weighted by molar-refractivity contribution is 5.87. The standard InChI is InChI=1S/C7H9NO2.H2/c1-2-7(5-9)4-3-6(10)8-7;/h2,5H,1,3-4H2,(H,8,10);1H. The second-order valence-electron chi connectivity index (χ2n) is 2.41. The van der Waals surface area contributed by atoms with Crippen molar-refractivity contribution in [1.82, 2.24) is 5.32 Å². The van der Waals surface area contributed by atoms with Crippen LogP contribution in [0.2, 0.25) is 0 Å². The summed E-state index contributed by atoms with van der Waals surface area (Å²) in [7, 11) is 0. The second-order valence-corrected chi connectivity index (χ2v) is 2.41. The van der Waals surface area contributed by atoms with Crippen LogP contribution < -0.4 is 5.32 Å². The Bertz CT molecular complexity index is 183. The van der Waals surface area contributed by atoms with Gasteiger partial charge in [0.05, 0.1) is 0 Å². The highest BCUT2D eigenvalue weighted by Gasteiger charge is 2.34. The van der Waals surface area contributed by atoms with Gasteiger partial charge in [-0.05, 0) is 6.42 Å². The molecule has 1 saturated heterocycles. The van der Waals surface area contributed by atoms with Crippen LogP contribution in [0.1, 0.15) is 14.3 Å². The lowest BCUT2D eigenvalue weighted by Crippen LogP contribution is -2.40. The Morgan fingerprint density at radius 1 is 1.80 bits per heavy atom. The first kappa shape index (κ1) is 6.99. The fourth-order valence-electron chi connectivity index (χ4n) is 0.995. The Hall–Kier alpha value is -1.12. The van der Waals surface area contributed by atoms with Crippen LogP contribution in [-0.2, 0) is 9.59 Å². The van der Waals surface area contributed by atoms with Gasteiger partial charge in [0.1, 0.15) is 11.8 Å². The Labute approximate surface area is 60.6 Å². The third-order valence-corrected chi connectivity index (χ3v) is 1.71. The van der Waals surface area contributed by atoms with Gasteiger partial charge in [0.2, 0.25) is 5.91 Å². The Balaban J connectivity index is 0.000001000. The fourth-order valence-corrected chi connectivity index (χ4v) is 0.995. The molecular formula is C7H11NO2. The summed E-state index contributed by atoms with van der Waals surface area (Å²) in [4.78, 5) is 21.1. The van der Waals surface area contributed by atoms with Crippen LogP contribution in [0.3, 0.4) is 0 Å². The van der Waals surface area contributed by atoms with E-state index in [2.05, 4.69) is 11.9 Å². The molecular weight excluding hydrogens is 130 g/mol. The largest absolute Gasteiger partial charge is 0.340 e. The van der Waals surface area contributed by atoms with E-state index in [0.717, 1.165) is 6.29 Å². The maximum atomic E-state index is 10.7. The van der Waals surface area contributed by atoms with Crippen molar-refractivity contribution in [2.45, 2.75) is 18.4 Å². The Morgan fingerprint density at radius 3 is 2.70 bits per heavy atom. The zero-order valence-electron chi connectivity index (χ0n) is 5.59. The molecule has 1 rings (SSSR count). The predicted octanol–water partition coefficient (Wildman–Crippen LogP) is 0.266. The molecule has 1 atom stereocenters. The number of amides is 1. The molecule has 1 aliphatic rings. The predicted molar refractivity (Wildman–Crippen MR) is 38.5 cm³/mol. The molecule has 0 spiro atoms. The van der Waals surface area contributed by atoms with Crippen LogP contribution in [0.25, 0.3) is 0 Å². The van der Waals surface area contributed by atoms with Crippen LogP contribution in [-0.4, -0.2) is 17.7 Å². The van der Waals surface area contributed by atoms with Crippen molar-refractivity contribution in [2.75, 3.05) is 0 Å². The normalized spacial score (nSPS) is 31.4. The van der Waals surface area contributed by atoms with E-state index in [1.54, 1.807) is 0 Å². The third kappa shape index (κ3) is 0.943. The molecule has 10 heavy (non-hydrogen) atoms. The molecule has 1 fully saturated rings. The van der Waals surface area contributed by atoms with E-state index in [0.29, 0.717) is 12.8 Å². The minimum atomic E-state index is -0.767. The zero-order valence-corrected chi connectivity index (χ0v) is 5.59. The molecule has 1 aliphatic heterocycles. The van der Waals surface area contributed by atoms with Gasteiger partial charge in [-0.15, -0.1) is 6.58 Å². The molecule has 0 aromatic rings. The average molecular weight is 141 g/mol. The molecule has 0 aromatic carbocycles. The molecule has 0 aliphatic carbocycles. The monoisotopic (exact) mass is 141 g/mol. The molecule has 0 radical (unpaired) electrons. The molecule has 1 heterocycles. The van der Waals surface area contributed by atoms with E-state index in [1.807, 2.05) is 0 Å². The number of aldehydes is 1. The maximum absolute atomic E-state index is 10.7. The summed E-state index contributed by atoms with van der Waals surface area (Å²) < 4.78 is 0. The Morgan fingerprint density at radius 2 is 2.50 bits per heavy atom. The van der Waals surface area contributed by atoms with Gasteiger partial charge in [-0.25, -0.2) is 0 Å². The summed E-state index contributed by atoms with van der Waals surface area (Å²) >= 11 is 0. The number of carbonyl (C=O) groups is 2. The van der Waals surface area contributed by atoms with E-state index in [9.17, 15) is 9.59 Å². The highest BCUT2D eigenvalue weighted by atomic mass is 16.2. The summed E-state index contributed by atoms with van der Waals surface area (Å²) in [5.74, 6) is -0.0769. The van der Waals surface area contributed by atoms with Crippen molar-refractivity contribution in [1.29, 1.82) is 0 Å². The maximum Gasteiger partial charge on any atom is 0.221 e. The van der Waals surface area contributed by atoms with Crippen LogP contribution in [0.4, 0.5) is 0 Å². The van der Waals surface area contributed by atoms with E-state index in [1.165, 1.54) is 6.08 Å². The lowest BCUT2D eigenvalue weighted by molar-refractivity contribution is -0.121. The van der Waals surface area contributed by atoms with Gasteiger partial charge in [0, 0.05) is 7.85 Å². The Kier molecular flexibility index (Phi) is 1.57. The van der Waals surface area contributed by atoms with Crippen LogP contribution >= 0.6 is 0 Å². The van der Waals surface area contributed by atoms with E-state index < -0.39 is 5.54 Å². The second kappa shape index (κ2) is 2.25. The molecule has 1 unspecified atom stereocenters. The van der Waals surface area contributed by atoms with Crippen molar-refractivity contribution in [3.63, 3.8) is 0 Å². The van der Waals surface area contributed by atoms with Crippen LogP contribution in [0.15, 0.2) is 12.7 Å². The van der Waals surface area contributed by atoms with Crippen molar-refractivity contribution in [2.24, 2.45) is 0 Å². The van der Waals surface area contributed by atoms with Gasteiger partial charge in [0.15, 0.2) is 0 Å². The average Bonchev–Trinajstić information content (AvgIpc) is 2.33. The van der Waals surface area contributed by atoms with E-state index >= 15 is 0 Å². The summed E-state index contributed by atoms with van der Waals surface area (Å²) in [6.45, 7) is 3.47. The van der Waals surface area contributed by atoms with Gasteiger partial charge in [-0.3, -0.25) is 4.79 Å².